The zero-order chi connectivity index (χ0) is 41.8. The van der Waals surface area contributed by atoms with Crippen LogP contribution >= 0.6 is 0 Å². The predicted molar refractivity (Wildman–Crippen MR) is 246 cm³/mol. The Bertz CT molecular complexity index is 812. The van der Waals surface area contributed by atoms with E-state index in [-0.39, 0.29) is 36.0 Å². The smallest absolute Gasteiger partial charge is 0.309 e. The van der Waals surface area contributed by atoms with Crippen LogP contribution in [-0.4, -0.2) is 73.2 Å². The first-order valence-corrected chi connectivity index (χ1v) is 25.7. The Kier molecular flexibility index (Phi) is 35.8. The lowest BCUT2D eigenvalue weighted by Gasteiger charge is -2.33. The van der Waals surface area contributed by atoms with Gasteiger partial charge in [-0.3, -0.25) is 9.59 Å². The Balaban J connectivity index is 2.69. The first kappa shape index (κ1) is 53.9. The van der Waals surface area contributed by atoms with E-state index in [1.165, 1.54) is 154 Å². The lowest BCUT2D eigenvalue weighted by molar-refractivity contribution is -0.162. The number of carbonyl (C=O) groups excluding carboxylic acids is 2. The van der Waals surface area contributed by atoms with Crippen molar-refractivity contribution >= 4 is 11.9 Å². The van der Waals surface area contributed by atoms with E-state index in [2.05, 4.69) is 58.3 Å². The molecule has 6 heteroatoms. The van der Waals surface area contributed by atoms with Crippen molar-refractivity contribution in [1.82, 2.24) is 9.80 Å². The van der Waals surface area contributed by atoms with Gasteiger partial charge >= 0.3 is 11.9 Å². The minimum Gasteiger partial charge on any atom is -0.462 e. The molecule has 57 heavy (non-hydrogen) atoms. The second kappa shape index (κ2) is 37.8. The third kappa shape index (κ3) is 28.9. The summed E-state index contributed by atoms with van der Waals surface area (Å²) in [4.78, 5) is 32.7. The number of unbranched alkanes of at least 4 members (excludes halogenated alkanes) is 20. The quantitative estimate of drug-likeness (QED) is 0.0454. The van der Waals surface area contributed by atoms with E-state index in [0.717, 1.165) is 77.8 Å². The van der Waals surface area contributed by atoms with Crippen LogP contribution < -0.4 is 0 Å². The Morgan fingerprint density at radius 2 is 0.702 bits per heavy atom. The molecule has 0 radical (unpaired) electrons. The molecule has 1 saturated carbocycles. The highest BCUT2D eigenvalue weighted by Crippen LogP contribution is 2.35. The third-order valence-electron chi connectivity index (χ3n) is 12.9. The lowest BCUT2D eigenvalue weighted by atomic mass is 9.76. The molecule has 1 rings (SSSR count). The molecule has 0 spiro atoms. The number of hydrogen-bond donors (Lipinski definition) is 0. The number of rotatable bonds is 40. The first-order valence-electron chi connectivity index (χ1n) is 25.7. The molecule has 0 aromatic carbocycles. The van der Waals surface area contributed by atoms with Gasteiger partial charge in [-0.2, -0.15) is 0 Å². The van der Waals surface area contributed by atoms with Crippen molar-refractivity contribution in [3.63, 3.8) is 0 Å². The van der Waals surface area contributed by atoms with E-state index in [9.17, 15) is 9.59 Å². The molecule has 0 heterocycles. The van der Waals surface area contributed by atoms with Crippen LogP contribution in [0.3, 0.4) is 0 Å². The standard InChI is InChI=1S/C51H100N2O4/c1-8-14-18-22-26-30-36-52(37-31-27-23-19-15-9-2)40-34-48(12-5)56-50(54)46-42-45(7)43-47(44-46)51(55)57-49(13-6)35-41-53(38-32-28-24-20-16-10-3)39-33-29-25-21-17-11-4/h45-49H,8-44H2,1-7H3. The van der Waals surface area contributed by atoms with Gasteiger partial charge in [0.15, 0.2) is 0 Å². The van der Waals surface area contributed by atoms with E-state index >= 15 is 0 Å². The van der Waals surface area contributed by atoms with Gasteiger partial charge in [-0.15, -0.1) is 0 Å². The van der Waals surface area contributed by atoms with Gasteiger partial charge in [0.2, 0.25) is 0 Å². The van der Waals surface area contributed by atoms with Gasteiger partial charge in [0.05, 0.1) is 11.8 Å². The molecule has 1 aliphatic carbocycles. The van der Waals surface area contributed by atoms with Crippen molar-refractivity contribution in [2.75, 3.05) is 39.3 Å². The molecule has 0 amide bonds. The van der Waals surface area contributed by atoms with Crippen LogP contribution in [0.4, 0.5) is 0 Å². The monoisotopic (exact) mass is 805 g/mol. The summed E-state index contributed by atoms with van der Waals surface area (Å²) in [6.07, 6.45) is 37.3. The van der Waals surface area contributed by atoms with Gasteiger partial charge in [-0.1, -0.05) is 177 Å². The van der Waals surface area contributed by atoms with Crippen molar-refractivity contribution in [3.8, 4) is 0 Å². The Labute approximate surface area is 356 Å². The Morgan fingerprint density at radius 1 is 0.421 bits per heavy atom. The number of esters is 2. The highest BCUT2D eigenvalue weighted by atomic mass is 16.5. The fourth-order valence-electron chi connectivity index (χ4n) is 8.99. The third-order valence-corrected chi connectivity index (χ3v) is 12.9. The van der Waals surface area contributed by atoms with Crippen molar-refractivity contribution in [2.45, 2.75) is 260 Å². The molecule has 0 aliphatic heterocycles. The van der Waals surface area contributed by atoms with Crippen LogP contribution in [0.5, 0.6) is 0 Å². The van der Waals surface area contributed by atoms with Crippen molar-refractivity contribution in [3.05, 3.63) is 0 Å². The predicted octanol–water partition coefficient (Wildman–Crippen LogP) is 14.5. The number of hydrogen-bond acceptors (Lipinski definition) is 6. The van der Waals surface area contributed by atoms with E-state index in [4.69, 9.17) is 9.47 Å². The minimum absolute atomic E-state index is 0.0585. The zero-order valence-electron chi connectivity index (χ0n) is 39.6. The van der Waals surface area contributed by atoms with Gasteiger partial charge < -0.3 is 19.3 Å². The fourth-order valence-corrected chi connectivity index (χ4v) is 8.99. The van der Waals surface area contributed by atoms with Crippen molar-refractivity contribution in [1.29, 1.82) is 0 Å². The Morgan fingerprint density at radius 3 is 0.982 bits per heavy atom. The van der Waals surface area contributed by atoms with Crippen LogP contribution in [0.25, 0.3) is 0 Å². The summed E-state index contributed by atoms with van der Waals surface area (Å²) in [7, 11) is 0. The minimum atomic E-state index is -0.215. The Hall–Kier alpha value is -1.14. The van der Waals surface area contributed by atoms with E-state index in [1.807, 2.05) is 0 Å². The van der Waals surface area contributed by atoms with Gasteiger partial charge in [0, 0.05) is 13.1 Å². The highest BCUT2D eigenvalue weighted by molar-refractivity contribution is 5.77. The highest BCUT2D eigenvalue weighted by Gasteiger charge is 2.37. The maximum absolute atomic E-state index is 13.7. The summed E-state index contributed by atoms with van der Waals surface area (Å²) in [6, 6.07) is 0. The summed E-state index contributed by atoms with van der Waals surface area (Å²) >= 11 is 0. The maximum atomic E-state index is 13.7. The largest absolute Gasteiger partial charge is 0.462 e. The second-order valence-corrected chi connectivity index (χ2v) is 18.5. The van der Waals surface area contributed by atoms with E-state index in [0.29, 0.717) is 12.3 Å². The molecule has 6 nitrogen and oxygen atoms in total. The summed E-state index contributed by atoms with van der Waals surface area (Å²) in [6.45, 7) is 22.3. The number of ether oxygens (including phenoxy) is 2. The van der Waals surface area contributed by atoms with Crippen LogP contribution in [-0.2, 0) is 19.1 Å². The number of nitrogens with zero attached hydrogens (tertiary/aromatic N) is 2. The summed E-state index contributed by atoms with van der Waals surface area (Å²) in [5.41, 5.74) is 0. The molecular weight excluding hydrogens is 705 g/mol. The van der Waals surface area contributed by atoms with Crippen molar-refractivity contribution < 1.29 is 19.1 Å². The maximum Gasteiger partial charge on any atom is 0.309 e. The molecule has 1 aliphatic rings. The molecule has 4 unspecified atom stereocenters. The second-order valence-electron chi connectivity index (χ2n) is 18.5. The molecule has 0 bridgehead atoms. The summed E-state index contributed by atoms with van der Waals surface area (Å²) in [5.74, 6) is -0.293. The molecule has 4 atom stereocenters. The molecular formula is C51H100N2O4. The van der Waals surface area contributed by atoms with Gasteiger partial charge in [0.25, 0.3) is 0 Å². The fraction of sp³-hybridized carbons (Fsp3) is 0.961. The van der Waals surface area contributed by atoms with Gasteiger partial charge in [0.1, 0.15) is 12.2 Å². The van der Waals surface area contributed by atoms with E-state index in [1.54, 1.807) is 0 Å². The van der Waals surface area contributed by atoms with Crippen LogP contribution in [0, 0.1) is 17.8 Å². The zero-order valence-corrected chi connectivity index (χ0v) is 39.6. The van der Waals surface area contributed by atoms with E-state index < -0.39 is 0 Å². The van der Waals surface area contributed by atoms with Gasteiger partial charge in [-0.25, -0.2) is 0 Å². The average Bonchev–Trinajstić information content (AvgIpc) is 3.21. The van der Waals surface area contributed by atoms with Crippen LogP contribution in [0.15, 0.2) is 0 Å². The van der Waals surface area contributed by atoms with Crippen molar-refractivity contribution in [2.24, 2.45) is 17.8 Å². The summed E-state index contributed by atoms with van der Waals surface area (Å²) < 4.78 is 12.5. The topological polar surface area (TPSA) is 59.1 Å². The van der Waals surface area contributed by atoms with Crippen LogP contribution in [0.1, 0.15) is 248 Å². The molecule has 0 aromatic rings. The number of carbonyl (C=O) groups is 2. The summed E-state index contributed by atoms with van der Waals surface area (Å²) in [5, 5.41) is 0. The lowest BCUT2D eigenvalue weighted by Crippen LogP contribution is -2.37. The molecule has 338 valence electrons. The normalized spacial score (nSPS) is 18.3. The molecule has 0 saturated heterocycles. The molecule has 1 fully saturated rings. The SMILES string of the molecule is CCCCCCCCN(CCCCCCCC)CCC(CC)OC(=O)C1CC(C)CC(C(=O)OC(CC)CCN(CCCCCCCC)CCCCCCCC)C1. The molecule has 0 N–H and O–H groups in total. The average molecular weight is 805 g/mol. The first-order chi connectivity index (χ1) is 27.8. The molecule has 0 aromatic heterocycles. The van der Waals surface area contributed by atoms with Crippen LogP contribution in [0.2, 0.25) is 0 Å². The van der Waals surface area contributed by atoms with Gasteiger partial charge in [-0.05, 0) is 103 Å².